The van der Waals surface area contributed by atoms with Gasteiger partial charge in [0.15, 0.2) is 0 Å². The van der Waals surface area contributed by atoms with Crippen LogP contribution in [0.4, 0.5) is 5.69 Å². The maximum Gasteiger partial charge on any atom is 0.240 e. The third kappa shape index (κ3) is 3.13. The minimum atomic E-state index is -0.475. The molecule has 0 aliphatic carbocycles. The number of hydrogen-bond donors (Lipinski definition) is 2. The molecule has 0 aromatic heterocycles. The summed E-state index contributed by atoms with van der Waals surface area (Å²) >= 11 is 1.59. The minimum Gasteiger partial charge on any atom is -0.349 e. The summed E-state index contributed by atoms with van der Waals surface area (Å²) in [5.74, 6) is -0.252. The van der Waals surface area contributed by atoms with E-state index in [1.165, 1.54) is 0 Å². The van der Waals surface area contributed by atoms with Gasteiger partial charge < -0.3 is 5.32 Å². The molecule has 2 aliphatic heterocycles. The molecule has 0 radical (unpaired) electrons. The summed E-state index contributed by atoms with van der Waals surface area (Å²) < 4.78 is 0. The zero-order valence-electron chi connectivity index (χ0n) is 15.6. The number of rotatable bonds is 3. The molecule has 0 bridgehead atoms. The third-order valence-electron chi connectivity index (χ3n) is 5.24. The molecule has 0 saturated carbocycles. The van der Waals surface area contributed by atoms with E-state index < -0.39 is 5.92 Å². The van der Waals surface area contributed by atoms with E-state index in [9.17, 15) is 4.79 Å². The second-order valence-electron chi connectivity index (χ2n) is 7.07. The van der Waals surface area contributed by atoms with Gasteiger partial charge in [-0.2, -0.15) is 0 Å². The zero-order valence-corrected chi connectivity index (χ0v) is 16.4. The summed E-state index contributed by atoms with van der Waals surface area (Å²) in [6.45, 7) is 0.399. The molecular weight excluding hydrogens is 378 g/mol. The molecule has 2 aliphatic rings. The van der Waals surface area contributed by atoms with Crippen LogP contribution >= 0.6 is 11.8 Å². The van der Waals surface area contributed by atoms with E-state index in [0.29, 0.717) is 6.54 Å². The highest BCUT2D eigenvalue weighted by atomic mass is 32.2. The molecule has 1 fully saturated rings. The molecule has 29 heavy (non-hydrogen) atoms. The molecule has 5 heteroatoms. The van der Waals surface area contributed by atoms with Crippen molar-refractivity contribution in [1.82, 2.24) is 4.90 Å². The number of amidine groups is 1. The first-order chi connectivity index (χ1) is 14.2. The van der Waals surface area contributed by atoms with Crippen LogP contribution in [0.1, 0.15) is 17.0 Å². The first-order valence-corrected chi connectivity index (χ1v) is 10.3. The van der Waals surface area contributed by atoms with Crippen LogP contribution in [0.15, 0.2) is 100 Å². The van der Waals surface area contributed by atoms with Crippen LogP contribution in [0.3, 0.4) is 0 Å². The molecule has 1 saturated heterocycles. The monoisotopic (exact) mass is 397 g/mol. The average Bonchev–Trinajstić information content (AvgIpc) is 3.29. The van der Waals surface area contributed by atoms with Crippen LogP contribution in [0.2, 0.25) is 0 Å². The number of anilines is 1. The van der Waals surface area contributed by atoms with Crippen molar-refractivity contribution < 1.29 is 4.79 Å². The number of carbonyl (C=O) groups is 1. The Labute approximate surface area is 173 Å². The summed E-state index contributed by atoms with van der Waals surface area (Å²) in [4.78, 5) is 16.2. The van der Waals surface area contributed by atoms with E-state index in [1.807, 2.05) is 78.9 Å². The van der Waals surface area contributed by atoms with Crippen LogP contribution < -0.4 is 5.32 Å². The van der Waals surface area contributed by atoms with Gasteiger partial charge in [0.05, 0.1) is 23.2 Å². The van der Waals surface area contributed by atoms with E-state index in [-0.39, 0.29) is 11.7 Å². The highest BCUT2D eigenvalue weighted by Crippen LogP contribution is 2.47. The number of hydrogen-bond acceptors (Lipinski definition) is 4. The van der Waals surface area contributed by atoms with Gasteiger partial charge in [-0.1, -0.05) is 84.6 Å². The highest BCUT2D eigenvalue weighted by molar-refractivity contribution is 8.03. The average molecular weight is 398 g/mol. The summed E-state index contributed by atoms with van der Waals surface area (Å²) in [6, 6.07) is 27.7. The van der Waals surface area contributed by atoms with E-state index in [0.717, 1.165) is 32.3 Å². The molecule has 3 aromatic carbocycles. The number of benzene rings is 3. The Morgan fingerprint density at radius 3 is 2.28 bits per heavy atom. The quantitative estimate of drug-likeness (QED) is 0.637. The Kier molecular flexibility index (Phi) is 4.45. The Morgan fingerprint density at radius 2 is 1.55 bits per heavy atom. The molecular formula is C24H19N3OS. The topological polar surface area (TPSA) is 56.2 Å². The molecule has 142 valence electrons. The van der Waals surface area contributed by atoms with Crippen LogP contribution in [0, 0.1) is 5.41 Å². The number of nitrogens with zero attached hydrogens (tertiary/aromatic N) is 1. The van der Waals surface area contributed by atoms with Crippen molar-refractivity contribution in [1.29, 1.82) is 5.41 Å². The normalized spacial score (nSPS) is 20.7. The number of thioether (sulfide) groups is 1. The van der Waals surface area contributed by atoms with E-state index in [4.69, 9.17) is 5.41 Å². The Balaban J connectivity index is 1.59. The number of fused-ring (bicyclic) bond motifs is 1. The van der Waals surface area contributed by atoms with Crippen LogP contribution in [-0.2, 0) is 11.3 Å². The lowest BCUT2D eigenvalue weighted by Crippen LogP contribution is -2.29. The highest BCUT2D eigenvalue weighted by Gasteiger charge is 2.44. The van der Waals surface area contributed by atoms with Crippen molar-refractivity contribution >= 4 is 29.2 Å². The maximum absolute atomic E-state index is 13.5. The lowest BCUT2D eigenvalue weighted by Gasteiger charge is -2.16. The fourth-order valence-electron chi connectivity index (χ4n) is 3.83. The first-order valence-electron chi connectivity index (χ1n) is 9.49. The maximum atomic E-state index is 13.5. The summed E-state index contributed by atoms with van der Waals surface area (Å²) in [7, 11) is 0. The number of amides is 1. The van der Waals surface area contributed by atoms with Gasteiger partial charge in [-0.15, -0.1) is 0 Å². The van der Waals surface area contributed by atoms with E-state index >= 15 is 0 Å². The fraction of sp³-hybridized carbons (Fsp3) is 0.0833. The number of likely N-dealkylation sites (tertiary alicyclic amines) is 1. The summed E-state index contributed by atoms with van der Waals surface area (Å²) in [6.07, 6.45) is 0. The molecule has 2 heterocycles. The van der Waals surface area contributed by atoms with Gasteiger partial charge in [-0.25, -0.2) is 0 Å². The van der Waals surface area contributed by atoms with Crippen LogP contribution in [0.5, 0.6) is 0 Å². The SMILES string of the molecule is N=C1/C(=C2\Nc3ccccc3S2)C(c2ccccc2)C(=O)N1Cc1ccccc1. The van der Waals surface area contributed by atoms with Gasteiger partial charge in [0.25, 0.3) is 0 Å². The molecule has 2 N–H and O–H groups in total. The second-order valence-corrected chi connectivity index (χ2v) is 8.12. The Morgan fingerprint density at radius 1 is 0.897 bits per heavy atom. The van der Waals surface area contributed by atoms with Gasteiger partial charge in [0.1, 0.15) is 5.84 Å². The summed E-state index contributed by atoms with van der Waals surface area (Å²) in [5.41, 5.74) is 3.70. The molecule has 5 rings (SSSR count). The van der Waals surface area contributed by atoms with Gasteiger partial charge in [0.2, 0.25) is 5.91 Å². The van der Waals surface area contributed by atoms with Gasteiger partial charge in [-0.3, -0.25) is 15.1 Å². The zero-order chi connectivity index (χ0) is 19.8. The van der Waals surface area contributed by atoms with Crippen molar-refractivity contribution in [3.05, 3.63) is 107 Å². The molecule has 1 unspecified atom stereocenters. The lowest BCUT2D eigenvalue weighted by atomic mass is 9.93. The Bertz CT molecular complexity index is 1100. The van der Waals surface area contributed by atoms with E-state index in [1.54, 1.807) is 16.7 Å². The minimum absolute atomic E-state index is 0.0501. The van der Waals surface area contributed by atoms with Crippen molar-refractivity contribution in [3.8, 4) is 0 Å². The summed E-state index contributed by atoms with van der Waals surface area (Å²) in [5, 5.41) is 13.2. The molecule has 0 spiro atoms. The predicted molar refractivity (Wildman–Crippen MR) is 117 cm³/mol. The van der Waals surface area contributed by atoms with Crippen LogP contribution in [-0.4, -0.2) is 16.6 Å². The standard InChI is InChI=1S/C24H19N3OS/c25-22-21(23-26-18-13-7-8-14-19(18)29-23)20(17-11-5-2-6-12-17)24(28)27(22)15-16-9-3-1-4-10-16/h1-14,20,25-26H,15H2/b23-21+,25-22?. The number of carbonyl (C=O) groups excluding carboxylic acids is 1. The van der Waals surface area contributed by atoms with Crippen molar-refractivity contribution in [2.24, 2.45) is 0 Å². The van der Waals surface area contributed by atoms with Crippen molar-refractivity contribution in [3.63, 3.8) is 0 Å². The first kappa shape index (κ1) is 17.8. The number of nitrogens with one attached hydrogen (secondary N) is 2. The van der Waals surface area contributed by atoms with E-state index in [2.05, 4.69) is 11.4 Å². The van der Waals surface area contributed by atoms with Crippen molar-refractivity contribution in [2.45, 2.75) is 17.4 Å². The Hall–Kier alpha value is -3.31. The fourth-order valence-corrected chi connectivity index (χ4v) is 4.91. The second kappa shape index (κ2) is 7.26. The van der Waals surface area contributed by atoms with Crippen molar-refractivity contribution in [2.75, 3.05) is 5.32 Å². The number of para-hydroxylation sites is 1. The largest absolute Gasteiger partial charge is 0.349 e. The van der Waals surface area contributed by atoms with Crippen LogP contribution in [0.25, 0.3) is 0 Å². The molecule has 1 amide bonds. The lowest BCUT2D eigenvalue weighted by molar-refractivity contribution is -0.127. The smallest absolute Gasteiger partial charge is 0.240 e. The molecule has 3 aromatic rings. The van der Waals surface area contributed by atoms with Gasteiger partial charge in [0, 0.05) is 10.5 Å². The molecule has 4 nitrogen and oxygen atoms in total. The molecule has 1 atom stereocenters. The predicted octanol–water partition coefficient (Wildman–Crippen LogP) is 5.22. The van der Waals surface area contributed by atoms with Gasteiger partial charge in [-0.05, 0) is 23.3 Å². The third-order valence-corrected chi connectivity index (χ3v) is 6.34. The van der Waals surface area contributed by atoms with Gasteiger partial charge >= 0.3 is 0 Å².